The van der Waals surface area contributed by atoms with Gasteiger partial charge in [0.05, 0.1) is 18.4 Å². The number of hydrogen-bond donors (Lipinski definition) is 3. The number of H-pyrrole nitrogens is 1. The predicted octanol–water partition coefficient (Wildman–Crippen LogP) is 3.79. The van der Waals surface area contributed by atoms with E-state index in [1.165, 1.54) is 11.8 Å². The molecule has 0 aliphatic heterocycles. The van der Waals surface area contributed by atoms with Gasteiger partial charge in [-0.25, -0.2) is 9.50 Å². The van der Waals surface area contributed by atoms with E-state index in [9.17, 15) is 9.59 Å². The van der Waals surface area contributed by atoms with E-state index in [-0.39, 0.29) is 23.7 Å². The zero-order valence-corrected chi connectivity index (χ0v) is 19.4. The van der Waals surface area contributed by atoms with E-state index in [1.807, 2.05) is 55.6 Å². The van der Waals surface area contributed by atoms with Gasteiger partial charge in [-0.15, -0.1) is 5.10 Å². The van der Waals surface area contributed by atoms with Gasteiger partial charge < -0.3 is 15.4 Å². The molecule has 0 radical (unpaired) electrons. The summed E-state index contributed by atoms with van der Waals surface area (Å²) in [7, 11) is 0. The minimum absolute atomic E-state index is 0.163. The Morgan fingerprint density at radius 1 is 1.24 bits per heavy atom. The van der Waals surface area contributed by atoms with Crippen LogP contribution in [-0.2, 0) is 14.3 Å². The van der Waals surface area contributed by atoms with Crippen molar-refractivity contribution in [1.82, 2.24) is 24.8 Å². The highest BCUT2D eigenvalue weighted by atomic mass is 32.2. The Hall–Kier alpha value is -3.86. The summed E-state index contributed by atoms with van der Waals surface area (Å²) in [5, 5.41) is 18.4. The van der Waals surface area contributed by atoms with Crippen molar-refractivity contribution in [3.63, 3.8) is 0 Å². The fraction of sp³-hybridized carbons (Fsp3) is 0.261. The van der Waals surface area contributed by atoms with Crippen molar-refractivity contribution in [1.29, 1.82) is 0 Å². The number of ether oxygens (including phenoxy) is 1. The molecule has 1 aromatic carbocycles. The number of aromatic nitrogens is 5. The van der Waals surface area contributed by atoms with Crippen molar-refractivity contribution in [2.24, 2.45) is 11.8 Å². The quantitative estimate of drug-likeness (QED) is 0.327. The maximum absolute atomic E-state index is 12.4. The molecule has 1 aliphatic carbocycles. The molecule has 5 rings (SSSR count). The van der Waals surface area contributed by atoms with Crippen molar-refractivity contribution in [3.8, 4) is 0 Å². The highest BCUT2D eigenvalue weighted by Gasteiger charge is 2.49. The van der Waals surface area contributed by atoms with Crippen LogP contribution in [0, 0.1) is 18.8 Å². The second-order valence-electron chi connectivity index (χ2n) is 7.96. The summed E-state index contributed by atoms with van der Waals surface area (Å²) in [6.45, 7) is 4.01. The third-order valence-electron chi connectivity index (χ3n) is 5.37. The molecular weight excluding hydrogens is 454 g/mol. The van der Waals surface area contributed by atoms with E-state index in [0.717, 1.165) is 16.1 Å². The summed E-state index contributed by atoms with van der Waals surface area (Å²) in [6.07, 6.45) is 2.40. The molecule has 0 bridgehead atoms. The molecule has 1 fully saturated rings. The maximum atomic E-state index is 12.4. The summed E-state index contributed by atoms with van der Waals surface area (Å²) < 4.78 is 6.75. The van der Waals surface area contributed by atoms with Gasteiger partial charge >= 0.3 is 5.97 Å². The number of rotatable bonds is 8. The van der Waals surface area contributed by atoms with Gasteiger partial charge in [0.2, 0.25) is 11.1 Å². The van der Waals surface area contributed by atoms with Crippen LogP contribution < -0.4 is 10.6 Å². The monoisotopic (exact) mass is 477 g/mol. The number of aromatic amines is 1. The molecule has 10 nitrogen and oxygen atoms in total. The van der Waals surface area contributed by atoms with Crippen LogP contribution in [0.3, 0.4) is 0 Å². The average molecular weight is 478 g/mol. The molecule has 1 aliphatic rings. The van der Waals surface area contributed by atoms with Crippen LogP contribution in [0.5, 0.6) is 0 Å². The maximum Gasteiger partial charge on any atom is 0.309 e. The minimum Gasteiger partial charge on any atom is -0.466 e. The number of carbonyl (C=O) groups is 2. The highest BCUT2D eigenvalue weighted by Crippen LogP contribution is 2.40. The first-order chi connectivity index (χ1) is 16.5. The SMILES string of the molecule is CCOC(=O)C1CC1C(=O)Nc1ccc(Sc2nc(Nc3cc(C)[nH]n3)c3cccn3n2)cc1. The molecule has 0 spiro atoms. The molecule has 4 aromatic rings. The zero-order chi connectivity index (χ0) is 23.7. The van der Waals surface area contributed by atoms with E-state index in [1.54, 1.807) is 11.4 Å². The molecule has 1 amide bonds. The second kappa shape index (κ2) is 9.18. The number of amides is 1. The van der Waals surface area contributed by atoms with Gasteiger partial charge in [0.25, 0.3) is 0 Å². The molecule has 0 saturated heterocycles. The smallest absolute Gasteiger partial charge is 0.309 e. The molecular formula is C23H23N7O3S. The van der Waals surface area contributed by atoms with Gasteiger partial charge in [0.15, 0.2) is 11.6 Å². The Labute approximate surface area is 199 Å². The number of hydrogen-bond acceptors (Lipinski definition) is 8. The highest BCUT2D eigenvalue weighted by molar-refractivity contribution is 7.99. The van der Waals surface area contributed by atoms with Gasteiger partial charge in [0, 0.05) is 28.5 Å². The Bertz CT molecular complexity index is 1350. The summed E-state index contributed by atoms with van der Waals surface area (Å²) in [5.74, 6) is 0.215. The number of fused-ring (bicyclic) bond motifs is 1. The van der Waals surface area contributed by atoms with Crippen LogP contribution in [0.1, 0.15) is 19.0 Å². The van der Waals surface area contributed by atoms with Crippen LogP contribution >= 0.6 is 11.8 Å². The molecule has 2 atom stereocenters. The van der Waals surface area contributed by atoms with E-state index in [0.29, 0.717) is 35.5 Å². The van der Waals surface area contributed by atoms with Crippen molar-refractivity contribution >= 4 is 46.5 Å². The number of benzene rings is 1. The number of esters is 1. The van der Waals surface area contributed by atoms with Gasteiger partial charge in [-0.05, 0) is 68.4 Å². The third-order valence-corrected chi connectivity index (χ3v) is 6.23. The first kappa shape index (κ1) is 22.0. The van der Waals surface area contributed by atoms with Gasteiger partial charge in [0.1, 0.15) is 5.52 Å². The van der Waals surface area contributed by atoms with E-state index in [4.69, 9.17) is 4.74 Å². The summed E-state index contributed by atoms with van der Waals surface area (Å²) in [5.41, 5.74) is 2.45. The molecule has 34 heavy (non-hydrogen) atoms. The Balaban J connectivity index is 1.25. The second-order valence-corrected chi connectivity index (χ2v) is 9.00. The number of carbonyl (C=O) groups excluding carboxylic acids is 2. The molecule has 2 unspecified atom stereocenters. The molecule has 174 valence electrons. The van der Waals surface area contributed by atoms with Crippen molar-refractivity contribution in [2.45, 2.75) is 30.3 Å². The van der Waals surface area contributed by atoms with Crippen LogP contribution in [0.2, 0.25) is 0 Å². The van der Waals surface area contributed by atoms with E-state index < -0.39 is 0 Å². The predicted molar refractivity (Wildman–Crippen MR) is 127 cm³/mol. The Kier molecular flexibility index (Phi) is 5.93. The summed E-state index contributed by atoms with van der Waals surface area (Å²) in [4.78, 5) is 29.7. The Morgan fingerprint density at radius 3 is 2.79 bits per heavy atom. The lowest BCUT2D eigenvalue weighted by molar-refractivity contribution is -0.145. The van der Waals surface area contributed by atoms with Gasteiger partial charge in [-0.3, -0.25) is 14.7 Å². The zero-order valence-electron chi connectivity index (χ0n) is 18.6. The number of nitrogens with one attached hydrogen (secondary N) is 3. The number of aryl methyl sites for hydroxylation is 1. The molecule has 11 heteroatoms. The average Bonchev–Trinajstić information content (AvgIpc) is 3.31. The standard InChI is InChI=1S/C23H23N7O3S/c1-3-33-22(32)17-12-16(17)21(31)24-14-6-8-15(9-7-14)34-23-26-20(18-5-4-10-30(18)29-23)25-19-11-13(2)27-28-19/h4-11,16-17H,3,12H2,1-2H3,(H,24,31)(H2,25,26,27,28,29). The van der Waals surface area contributed by atoms with Gasteiger partial charge in [-0.1, -0.05) is 0 Å². The van der Waals surface area contributed by atoms with Crippen molar-refractivity contribution < 1.29 is 14.3 Å². The number of anilines is 3. The van der Waals surface area contributed by atoms with E-state index in [2.05, 4.69) is 30.9 Å². The third kappa shape index (κ3) is 4.74. The fourth-order valence-electron chi connectivity index (χ4n) is 3.59. The first-order valence-electron chi connectivity index (χ1n) is 10.9. The lowest BCUT2D eigenvalue weighted by atomic mass is 10.2. The van der Waals surface area contributed by atoms with Crippen LogP contribution in [0.25, 0.3) is 5.52 Å². The van der Waals surface area contributed by atoms with Crippen LogP contribution in [-0.4, -0.2) is 43.3 Å². The number of nitrogens with zero attached hydrogens (tertiary/aromatic N) is 4. The molecule has 3 N–H and O–H groups in total. The largest absolute Gasteiger partial charge is 0.466 e. The molecule has 3 heterocycles. The van der Waals surface area contributed by atoms with Gasteiger partial charge in [-0.2, -0.15) is 5.10 Å². The first-order valence-corrected chi connectivity index (χ1v) is 11.7. The minimum atomic E-state index is -0.330. The van der Waals surface area contributed by atoms with Crippen molar-refractivity contribution in [3.05, 3.63) is 54.4 Å². The lowest BCUT2D eigenvalue weighted by Crippen LogP contribution is -2.18. The Morgan fingerprint density at radius 2 is 2.06 bits per heavy atom. The summed E-state index contributed by atoms with van der Waals surface area (Å²) >= 11 is 1.41. The van der Waals surface area contributed by atoms with Crippen LogP contribution in [0.15, 0.2) is 58.7 Å². The van der Waals surface area contributed by atoms with Crippen LogP contribution in [0.4, 0.5) is 17.3 Å². The van der Waals surface area contributed by atoms with E-state index >= 15 is 0 Å². The fourth-order valence-corrected chi connectivity index (χ4v) is 4.34. The lowest BCUT2D eigenvalue weighted by Gasteiger charge is -2.09. The molecule has 3 aromatic heterocycles. The molecule has 1 saturated carbocycles. The normalized spacial score (nSPS) is 16.9. The summed E-state index contributed by atoms with van der Waals surface area (Å²) in [6, 6.07) is 13.2. The topological polar surface area (TPSA) is 126 Å². The van der Waals surface area contributed by atoms with Crippen molar-refractivity contribution in [2.75, 3.05) is 17.2 Å².